The van der Waals surface area contributed by atoms with Gasteiger partial charge in [0, 0.05) is 30.5 Å². The fourth-order valence-corrected chi connectivity index (χ4v) is 2.61. The summed E-state index contributed by atoms with van der Waals surface area (Å²) in [6.07, 6.45) is 2.60. The molecule has 1 amide bonds. The van der Waals surface area contributed by atoms with E-state index in [-0.39, 0.29) is 5.91 Å². The van der Waals surface area contributed by atoms with E-state index in [4.69, 9.17) is 4.74 Å². The summed E-state index contributed by atoms with van der Waals surface area (Å²) in [4.78, 5) is 15.2. The van der Waals surface area contributed by atoms with E-state index in [1.165, 1.54) is 24.2 Å². The minimum absolute atomic E-state index is 0.0466. The predicted octanol–water partition coefficient (Wildman–Crippen LogP) is 2.54. The summed E-state index contributed by atoms with van der Waals surface area (Å²) in [5.41, 5.74) is 0. The van der Waals surface area contributed by atoms with Gasteiger partial charge in [-0.15, -0.1) is 24.0 Å². The molecule has 1 fully saturated rings. The van der Waals surface area contributed by atoms with Crippen LogP contribution in [0.4, 0.5) is 0 Å². The van der Waals surface area contributed by atoms with Gasteiger partial charge in [-0.05, 0) is 24.8 Å². The molecule has 1 heterocycles. The Balaban J connectivity index is 1.70. The van der Waals surface area contributed by atoms with E-state index in [1.807, 2.05) is 5.38 Å². The number of carbonyl (C=O) groups is 1. The lowest BCUT2D eigenvalue weighted by Crippen LogP contribution is -2.29. The van der Waals surface area contributed by atoms with Gasteiger partial charge in [-0.1, -0.05) is 0 Å². The number of thiol groups is 1. The number of hydrogen-bond acceptors (Lipinski definition) is 4. The first kappa shape index (κ1) is 12.9. The third kappa shape index (κ3) is 4.01. The van der Waals surface area contributed by atoms with Crippen molar-refractivity contribution in [3.8, 4) is 0 Å². The Bertz CT molecular complexity index is 388. The molecule has 1 aromatic rings. The number of hydrogen-bond donors (Lipinski definition) is 1. The van der Waals surface area contributed by atoms with Crippen LogP contribution < -0.4 is 0 Å². The second-order valence-electron chi connectivity index (χ2n) is 4.41. The Hall–Kier alpha value is -0.520. The fourth-order valence-electron chi connectivity index (χ4n) is 1.46. The fraction of sp³-hybridized carbons (Fsp3) is 0.583. The summed E-state index contributed by atoms with van der Waals surface area (Å²) >= 11 is 5.63. The molecule has 0 spiro atoms. The second-order valence-corrected chi connectivity index (χ2v) is 5.84. The summed E-state index contributed by atoms with van der Waals surface area (Å²) in [6, 6.07) is 1.80. The zero-order valence-electron chi connectivity index (χ0n) is 9.89. The average Bonchev–Trinajstić information content (AvgIpc) is 3.04. The third-order valence-electron chi connectivity index (χ3n) is 2.76. The Morgan fingerprint density at radius 2 is 2.41 bits per heavy atom. The van der Waals surface area contributed by atoms with Crippen LogP contribution in [0.2, 0.25) is 0 Å². The molecule has 0 aliphatic heterocycles. The molecule has 0 radical (unpaired) electrons. The van der Waals surface area contributed by atoms with Gasteiger partial charge in [0.2, 0.25) is 0 Å². The van der Waals surface area contributed by atoms with Crippen LogP contribution in [-0.2, 0) is 4.74 Å². The quantitative estimate of drug-likeness (QED) is 0.636. The minimum Gasteiger partial charge on any atom is -0.379 e. The van der Waals surface area contributed by atoms with Crippen LogP contribution in [-0.4, -0.2) is 37.6 Å². The first-order chi connectivity index (χ1) is 8.16. The van der Waals surface area contributed by atoms with Crippen LogP contribution in [0.15, 0.2) is 16.3 Å². The van der Waals surface area contributed by atoms with E-state index in [0.717, 1.165) is 22.3 Å². The normalized spacial score (nSPS) is 14.9. The second kappa shape index (κ2) is 5.89. The van der Waals surface area contributed by atoms with E-state index >= 15 is 0 Å². The number of thiophene rings is 1. The summed E-state index contributed by atoms with van der Waals surface area (Å²) < 4.78 is 5.51. The molecular formula is C12H17NO2S2. The van der Waals surface area contributed by atoms with Crippen LogP contribution in [0.5, 0.6) is 0 Å². The molecule has 0 N–H and O–H groups in total. The smallest absolute Gasteiger partial charge is 0.263 e. The number of ether oxygens (including phenoxy) is 1. The van der Waals surface area contributed by atoms with E-state index in [9.17, 15) is 4.79 Å². The Kier molecular flexibility index (Phi) is 4.48. The van der Waals surface area contributed by atoms with Crippen molar-refractivity contribution < 1.29 is 9.53 Å². The summed E-state index contributed by atoms with van der Waals surface area (Å²) in [7, 11) is 1.81. The molecule has 0 aromatic carbocycles. The van der Waals surface area contributed by atoms with E-state index in [1.54, 1.807) is 18.0 Å². The first-order valence-corrected chi connectivity index (χ1v) is 7.10. The van der Waals surface area contributed by atoms with E-state index < -0.39 is 0 Å². The van der Waals surface area contributed by atoms with Crippen molar-refractivity contribution in [1.29, 1.82) is 0 Å². The SMILES string of the molecule is CN(CCOCC1CC1)C(=O)c1cc(S)cs1. The zero-order valence-corrected chi connectivity index (χ0v) is 11.6. The highest BCUT2D eigenvalue weighted by molar-refractivity contribution is 7.80. The lowest BCUT2D eigenvalue weighted by molar-refractivity contribution is 0.0685. The highest BCUT2D eigenvalue weighted by Crippen LogP contribution is 2.28. The number of nitrogens with zero attached hydrogens (tertiary/aromatic N) is 1. The minimum atomic E-state index is 0.0466. The van der Waals surface area contributed by atoms with Gasteiger partial charge in [-0.2, -0.15) is 0 Å². The molecule has 1 aliphatic carbocycles. The van der Waals surface area contributed by atoms with Crippen molar-refractivity contribution in [2.75, 3.05) is 26.8 Å². The summed E-state index contributed by atoms with van der Waals surface area (Å²) in [6.45, 7) is 2.12. The van der Waals surface area contributed by atoms with Crippen LogP contribution >= 0.6 is 24.0 Å². The van der Waals surface area contributed by atoms with Crippen LogP contribution in [0.25, 0.3) is 0 Å². The molecule has 0 bridgehead atoms. The number of carbonyl (C=O) groups excluding carboxylic acids is 1. The molecule has 1 aliphatic rings. The van der Waals surface area contributed by atoms with Gasteiger partial charge in [0.15, 0.2) is 0 Å². The molecule has 1 saturated carbocycles. The average molecular weight is 271 g/mol. The number of rotatable bonds is 6. The largest absolute Gasteiger partial charge is 0.379 e. The maximum absolute atomic E-state index is 11.9. The molecule has 2 rings (SSSR count). The van der Waals surface area contributed by atoms with Crippen LogP contribution in [0, 0.1) is 5.92 Å². The monoisotopic (exact) mass is 271 g/mol. The Morgan fingerprint density at radius 3 is 3.00 bits per heavy atom. The van der Waals surface area contributed by atoms with Crippen molar-refractivity contribution in [2.45, 2.75) is 17.7 Å². The Labute approximate surface area is 111 Å². The molecule has 0 unspecified atom stereocenters. The topological polar surface area (TPSA) is 29.5 Å². The van der Waals surface area contributed by atoms with Crippen molar-refractivity contribution in [3.63, 3.8) is 0 Å². The van der Waals surface area contributed by atoms with Gasteiger partial charge >= 0.3 is 0 Å². The Morgan fingerprint density at radius 1 is 1.65 bits per heavy atom. The molecular weight excluding hydrogens is 254 g/mol. The predicted molar refractivity (Wildman–Crippen MR) is 72.1 cm³/mol. The first-order valence-electron chi connectivity index (χ1n) is 5.77. The van der Waals surface area contributed by atoms with Gasteiger partial charge in [0.05, 0.1) is 11.5 Å². The number of amides is 1. The highest BCUT2D eigenvalue weighted by atomic mass is 32.1. The maximum Gasteiger partial charge on any atom is 0.263 e. The van der Waals surface area contributed by atoms with E-state index in [0.29, 0.717) is 13.2 Å². The van der Waals surface area contributed by atoms with Crippen LogP contribution in [0.1, 0.15) is 22.5 Å². The van der Waals surface area contributed by atoms with Gasteiger partial charge in [0.1, 0.15) is 0 Å². The van der Waals surface area contributed by atoms with Gasteiger partial charge < -0.3 is 9.64 Å². The van der Waals surface area contributed by atoms with Crippen molar-refractivity contribution in [2.24, 2.45) is 5.92 Å². The molecule has 94 valence electrons. The third-order valence-corrected chi connectivity index (χ3v) is 4.12. The molecule has 5 heteroatoms. The highest BCUT2D eigenvalue weighted by Gasteiger charge is 2.21. The molecule has 0 atom stereocenters. The lowest BCUT2D eigenvalue weighted by Gasteiger charge is -2.16. The standard InChI is InChI=1S/C12H17NO2S2/c1-13(4-5-15-7-9-2-3-9)12(14)11-6-10(16)8-17-11/h6,8-9,16H,2-5,7H2,1H3. The maximum atomic E-state index is 11.9. The van der Waals surface area contributed by atoms with Gasteiger partial charge in [0.25, 0.3) is 5.91 Å². The molecule has 1 aromatic heterocycles. The van der Waals surface area contributed by atoms with Crippen molar-refractivity contribution in [1.82, 2.24) is 4.90 Å². The van der Waals surface area contributed by atoms with Crippen LogP contribution in [0.3, 0.4) is 0 Å². The molecule has 17 heavy (non-hydrogen) atoms. The van der Waals surface area contributed by atoms with E-state index in [2.05, 4.69) is 12.6 Å². The number of likely N-dealkylation sites (N-methyl/N-ethyl adjacent to an activating group) is 1. The van der Waals surface area contributed by atoms with Gasteiger partial charge in [-0.3, -0.25) is 4.79 Å². The van der Waals surface area contributed by atoms with Crippen molar-refractivity contribution in [3.05, 3.63) is 16.3 Å². The molecule has 3 nitrogen and oxygen atoms in total. The van der Waals surface area contributed by atoms with Gasteiger partial charge in [-0.25, -0.2) is 0 Å². The lowest BCUT2D eigenvalue weighted by atomic mass is 10.4. The molecule has 0 saturated heterocycles. The zero-order chi connectivity index (χ0) is 12.3. The van der Waals surface area contributed by atoms with Crippen molar-refractivity contribution >= 4 is 29.9 Å². The summed E-state index contributed by atoms with van der Waals surface area (Å²) in [5.74, 6) is 0.824. The summed E-state index contributed by atoms with van der Waals surface area (Å²) in [5, 5.41) is 1.87.